The molecule has 0 bridgehead atoms. The third kappa shape index (κ3) is 2.86. The fourth-order valence-corrected chi connectivity index (χ4v) is 5.78. The molecule has 1 nitrogen and oxygen atoms in total. The van der Waals surface area contributed by atoms with Crippen molar-refractivity contribution >= 4 is 30.4 Å². The van der Waals surface area contributed by atoms with Crippen LogP contribution in [0.2, 0.25) is 5.02 Å². The third-order valence-electron chi connectivity index (χ3n) is 4.64. The third-order valence-corrected chi connectivity index (χ3v) is 7.08. The van der Waals surface area contributed by atoms with Gasteiger partial charge in [-0.1, -0.05) is 67.9 Å². The number of fused-ring (bicyclic) bond motifs is 3. The van der Waals surface area contributed by atoms with E-state index < -0.39 is 8.15 Å². The van der Waals surface area contributed by atoms with Gasteiger partial charge in [0, 0.05) is 21.2 Å². The van der Waals surface area contributed by atoms with Crippen LogP contribution in [0, 0.1) is 6.92 Å². The van der Waals surface area contributed by atoms with Crippen LogP contribution in [0.15, 0.2) is 60.7 Å². The molecule has 4 rings (SSSR count). The summed E-state index contributed by atoms with van der Waals surface area (Å²) in [5, 5.41) is 3.38. The van der Waals surface area contributed by atoms with Gasteiger partial charge in [-0.2, -0.15) is 0 Å². The Bertz CT molecular complexity index is 949. The summed E-state index contributed by atoms with van der Waals surface area (Å²) in [5.74, 6) is 1.36. The Hall–Kier alpha value is -1.82. The second-order valence-corrected chi connectivity index (χ2v) is 8.86. The molecule has 1 unspecified atom stereocenters. The summed E-state index contributed by atoms with van der Waals surface area (Å²) in [6, 6.07) is 21.2. The molecule has 1 heterocycles. The number of aryl methyl sites for hydroxylation is 1. The van der Waals surface area contributed by atoms with E-state index >= 15 is 0 Å². The minimum atomic E-state index is -0.910. The van der Waals surface area contributed by atoms with Crippen molar-refractivity contribution in [2.24, 2.45) is 0 Å². The maximum absolute atomic E-state index is 6.55. The van der Waals surface area contributed by atoms with Gasteiger partial charge in [-0.15, -0.1) is 0 Å². The van der Waals surface area contributed by atoms with Crippen molar-refractivity contribution in [1.82, 2.24) is 0 Å². The van der Waals surface area contributed by atoms with Crippen molar-refractivity contribution < 1.29 is 4.52 Å². The van der Waals surface area contributed by atoms with Crippen LogP contribution >= 0.6 is 19.7 Å². The number of rotatable bonds is 2. The van der Waals surface area contributed by atoms with Crippen molar-refractivity contribution in [3.63, 3.8) is 0 Å². The molecule has 3 heteroatoms. The monoisotopic (exact) mass is 366 g/mol. The predicted octanol–water partition coefficient (Wildman–Crippen LogP) is 6.18. The van der Waals surface area contributed by atoms with E-state index in [1.807, 2.05) is 6.07 Å². The number of benzene rings is 3. The number of halogens is 1. The van der Waals surface area contributed by atoms with Crippen molar-refractivity contribution in [1.29, 1.82) is 0 Å². The van der Waals surface area contributed by atoms with Crippen molar-refractivity contribution in [2.75, 3.05) is 0 Å². The zero-order valence-electron chi connectivity index (χ0n) is 14.6. The van der Waals surface area contributed by atoms with Crippen LogP contribution in [-0.4, -0.2) is 0 Å². The first-order chi connectivity index (χ1) is 12.1. The van der Waals surface area contributed by atoms with E-state index in [1.165, 1.54) is 27.3 Å². The first kappa shape index (κ1) is 16.6. The van der Waals surface area contributed by atoms with Crippen LogP contribution < -0.4 is 15.1 Å². The lowest BCUT2D eigenvalue weighted by molar-refractivity contribution is 0.628. The molecule has 3 aromatic rings. The Kier molecular flexibility index (Phi) is 4.31. The van der Waals surface area contributed by atoms with Gasteiger partial charge < -0.3 is 4.52 Å². The molecule has 0 amide bonds. The molecule has 25 heavy (non-hydrogen) atoms. The van der Waals surface area contributed by atoms with E-state index in [1.54, 1.807) is 0 Å². The highest BCUT2D eigenvalue weighted by molar-refractivity contribution is 7.69. The summed E-state index contributed by atoms with van der Waals surface area (Å²) < 4.78 is 6.55. The normalized spacial score (nSPS) is 15.5. The average Bonchev–Trinajstić information content (AvgIpc) is 2.63. The van der Waals surface area contributed by atoms with Crippen LogP contribution in [0.25, 0.3) is 11.1 Å². The molecule has 0 aromatic heterocycles. The lowest BCUT2D eigenvalue weighted by atomic mass is 10.0. The zero-order valence-corrected chi connectivity index (χ0v) is 16.2. The molecule has 0 spiro atoms. The van der Waals surface area contributed by atoms with Gasteiger partial charge in [0.2, 0.25) is 0 Å². The zero-order chi connectivity index (χ0) is 17.6. The first-order valence-electron chi connectivity index (χ1n) is 8.53. The highest BCUT2D eigenvalue weighted by Gasteiger charge is 2.30. The Morgan fingerprint density at radius 2 is 1.56 bits per heavy atom. The van der Waals surface area contributed by atoms with Gasteiger partial charge in [0.25, 0.3) is 0 Å². The molecule has 0 aliphatic carbocycles. The van der Waals surface area contributed by atoms with Gasteiger partial charge in [0.1, 0.15) is 5.75 Å². The summed E-state index contributed by atoms with van der Waals surface area (Å²) in [7, 11) is -0.910. The Labute approximate surface area is 155 Å². The number of hydrogen-bond acceptors (Lipinski definition) is 1. The molecule has 126 valence electrons. The standard InChI is InChI=1S/C22H20ClOP/c1-14(2)18-13-19(23)15(3)12-22(18)25-21-11-7-5-9-17(21)16-8-4-6-10-20(16)24-25/h4-14H,1-3H3. The van der Waals surface area contributed by atoms with E-state index in [9.17, 15) is 0 Å². The molecule has 0 saturated carbocycles. The average molecular weight is 367 g/mol. The maximum atomic E-state index is 6.55. The van der Waals surface area contributed by atoms with Crippen LogP contribution in [0.5, 0.6) is 5.75 Å². The molecule has 0 fully saturated rings. The van der Waals surface area contributed by atoms with Gasteiger partial charge >= 0.3 is 0 Å². The maximum Gasteiger partial charge on any atom is 0.151 e. The van der Waals surface area contributed by atoms with Crippen molar-refractivity contribution in [3.05, 3.63) is 76.8 Å². The summed E-state index contributed by atoms with van der Waals surface area (Å²) in [6.45, 7) is 6.49. The molecular formula is C22H20ClOP. The minimum absolute atomic E-state index is 0.392. The minimum Gasteiger partial charge on any atom is -0.464 e. The summed E-state index contributed by atoms with van der Waals surface area (Å²) in [4.78, 5) is 0. The second-order valence-electron chi connectivity index (χ2n) is 6.71. The number of hydrogen-bond donors (Lipinski definition) is 0. The first-order valence-corrected chi connectivity index (χ1v) is 10.2. The SMILES string of the molecule is Cc1cc(P2Oc3ccccc3-c3ccccc32)c(C(C)C)cc1Cl. The largest absolute Gasteiger partial charge is 0.464 e. The van der Waals surface area contributed by atoms with Crippen molar-refractivity contribution in [2.45, 2.75) is 26.7 Å². The molecule has 0 N–H and O–H groups in total. The fraction of sp³-hybridized carbons (Fsp3) is 0.182. The van der Waals surface area contributed by atoms with Gasteiger partial charge in [-0.05, 0) is 47.7 Å². The lowest BCUT2D eigenvalue weighted by Gasteiger charge is -2.30. The van der Waals surface area contributed by atoms with Crippen LogP contribution in [0.4, 0.5) is 0 Å². The fourth-order valence-electron chi connectivity index (χ4n) is 3.29. The molecule has 0 radical (unpaired) electrons. The van der Waals surface area contributed by atoms with E-state index in [4.69, 9.17) is 16.1 Å². The van der Waals surface area contributed by atoms with Gasteiger partial charge in [-0.25, -0.2) is 0 Å². The van der Waals surface area contributed by atoms with E-state index in [0.29, 0.717) is 5.92 Å². The quantitative estimate of drug-likeness (QED) is 0.492. The molecule has 1 aliphatic rings. The smallest absolute Gasteiger partial charge is 0.151 e. The van der Waals surface area contributed by atoms with Gasteiger partial charge in [-0.3, -0.25) is 0 Å². The van der Waals surface area contributed by atoms with Crippen LogP contribution in [0.1, 0.15) is 30.9 Å². The van der Waals surface area contributed by atoms with Crippen LogP contribution in [0.3, 0.4) is 0 Å². The molecule has 1 aliphatic heterocycles. The van der Waals surface area contributed by atoms with Crippen LogP contribution in [-0.2, 0) is 0 Å². The summed E-state index contributed by atoms with van der Waals surface area (Å²) >= 11 is 6.42. The lowest BCUT2D eigenvalue weighted by Crippen LogP contribution is -2.24. The summed E-state index contributed by atoms with van der Waals surface area (Å²) in [6.07, 6.45) is 0. The number of para-hydroxylation sites is 1. The predicted molar refractivity (Wildman–Crippen MR) is 109 cm³/mol. The Morgan fingerprint density at radius 1 is 0.880 bits per heavy atom. The van der Waals surface area contributed by atoms with E-state index in [2.05, 4.69) is 75.4 Å². The highest BCUT2D eigenvalue weighted by Crippen LogP contribution is 2.49. The molecular weight excluding hydrogens is 347 g/mol. The van der Waals surface area contributed by atoms with E-state index in [0.717, 1.165) is 16.3 Å². The van der Waals surface area contributed by atoms with E-state index in [-0.39, 0.29) is 0 Å². The Morgan fingerprint density at radius 3 is 2.32 bits per heavy atom. The summed E-state index contributed by atoms with van der Waals surface area (Å²) in [5.41, 5.74) is 4.82. The molecule has 1 atom stereocenters. The van der Waals surface area contributed by atoms with Gasteiger partial charge in [0.15, 0.2) is 8.15 Å². The van der Waals surface area contributed by atoms with Crippen molar-refractivity contribution in [3.8, 4) is 16.9 Å². The second kappa shape index (κ2) is 6.48. The van der Waals surface area contributed by atoms with Gasteiger partial charge in [0.05, 0.1) is 0 Å². The molecule has 3 aromatic carbocycles. The molecule has 0 saturated heterocycles. The highest BCUT2D eigenvalue weighted by atomic mass is 35.5. The topological polar surface area (TPSA) is 9.23 Å². The Balaban J connectivity index is 1.95.